The summed E-state index contributed by atoms with van der Waals surface area (Å²) in [7, 11) is 3.06. The first-order chi connectivity index (χ1) is 21.4. The largest absolute Gasteiger partial charge is 0.493 e. The van der Waals surface area contributed by atoms with E-state index in [1.54, 1.807) is 43.3 Å². The van der Waals surface area contributed by atoms with E-state index < -0.39 is 12.0 Å². The molecule has 0 saturated carbocycles. The summed E-state index contributed by atoms with van der Waals surface area (Å²) in [4.78, 5) is 32.8. The van der Waals surface area contributed by atoms with Crippen molar-refractivity contribution in [2.45, 2.75) is 33.2 Å². The first kappa shape index (κ1) is 32.3. The van der Waals surface area contributed by atoms with E-state index in [1.165, 1.54) is 30.1 Å². The quantitative estimate of drug-likeness (QED) is 0.196. The molecule has 4 rings (SSSR count). The molecule has 232 valence electrons. The van der Waals surface area contributed by atoms with Crippen molar-refractivity contribution < 1.29 is 33.2 Å². The SMILES string of the molecule is CCCOc1c(OC)cccc1[C@@H]1C(C(=O)OCCOC)=C(C)N=c2s/c(=C/c3ccc(OCC#N)c(OCC)c3)c(=O)n21. The molecule has 1 aliphatic rings. The number of methoxy groups -OCH3 is 2. The molecule has 0 unspecified atom stereocenters. The Balaban J connectivity index is 1.92. The van der Waals surface area contributed by atoms with Crippen molar-refractivity contribution in [1.29, 1.82) is 5.26 Å². The van der Waals surface area contributed by atoms with Gasteiger partial charge in [-0.05, 0) is 50.1 Å². The number of allylic oxidation sites excluding steroid dienone is 1. The van der Waals surface area contributed by atoms with E-state index >= 15 is 0 Å². The number of ether oxygens (including phenoxy) is 6. The molecule has 0 bridgehead atoms. The molecule has 1 aromatic heterocycles. The van der Waals surface area contributed by atoms with Crippen LogP contribution in [0.5, 0.6) is 23.0 Å². The van der Waals surface area contributed by atoms with Gasteiger partial charge in [0.05, 0.1) is 42.7 Å². The van der Waals surface area contributed by atoms with Crippen LogP contribution in [-0.2, 0) is 14.3 Å². The minimum absolute atomic E-state index is 0.0385. The van der Waals surface area contributed by atoms with E-state index in [2.05, 4.69) is 4.99 Å². The van der Waals surface area contributed by atoms with Gasteiger partial charge in [0.15, 0.2) is 34.4 Å². The van der Waals surface area contributed by atoms with E-state index in [0.717, 1.165) is 6.42 Å². The van der Waals surface area contributed by atoms with Gasteiger partial charge in [-0.1, -0.05) is 36.5 Å². The van der Waals surface area contributed by atoms with Gasteiger partial charge in [0.2, 0.25) is 0 Å². The maximum Gasteiger partial charge on any atom is 0.338 e. The maximum atomic E-state index is 14.2. The van der Waals surface area contributed by atoms with E-state index in [9.17, 15) is 9.59 Å². The van der Waals surface area contributed by atoms with Crippen LogP contribution in [0.25, 0.3) is 6.08 Å². The summed E-state index contributed by atoms with van der Waals surface area (Å²) in [5.41, 5.74) is 1.54. The van der Waals surface area contributed by atoms with Gasteiger partial charge < -0.3 is 28.4 Å². The van der Waals surface area contributed by atoms with Gasteiger partial charge in [0.25, 0.3) is 5.56 Å². The lowest BCUT2D eigenvalue weighted by Crippen LogP contribution is -2.40. The Kier molecular flexibility index (Phi) is 11.2. The fourth-order valence-electron chi connectivity index (χ4n) is 4.70. The number of carbonyl (C=O) groups excluding carboxylic acids is 1. The van der Waals surface area contributed by atoms with Crippen molar-refractivity contribution in [3.05, 3.63) is 78.5 Å². The van der Waals surface area contributed by atoms with Crippen LogP contribution in [0.4, 0.5) is 0 Å². The lowest BCUT2D eigenvalue weighted by Gasteiger charge is -2.27. The number of aromatic nitrogens is 1. The molecule has 0 radical (unpaired) electrons. The number of fused-ring (bicyclic) bond motifs is 1. The van der Waals surface area contributed by atoms with Crippen LogP contribution in [-0.4, -0.2) is 57.8 Å². The molecule has 3 aromatic rings. The van der Waals surface area contributed by atoms with Crippen LogP contribution >= 0.6 is 11.3 Å². The number of rotatable bonds is 14. The first-order valence-corrected chi connectivity index (χ1v) is 14.9. The van der Waals surface area contributed by atoms with Crippen molar-refractivity contribution >= 4 is 23.4 Å². The fraction of sp³-hybridized carbons (Fsp3) is 0.375. The molecule has 0 fully saturated rings. The number of nitrogens with zero attached hydrogens (tertiary/aromatic N) is 3. The molecule has 0 amide bonds. The summed E-state index contributed by atoms with van der Waals surface area (Å²) in [6.45, 7) is 6.48. The molecule has 2 heterocycles. The molecule has 44 heavy (non-hydrogen) atoms. The highest BCUT2D eigenvalue weighted by Crippen LogP contribution is 2.41. The zero-order chi connectivity index (χ0) is 31.6. The Labute approximate surface area is 259 Å². The number of esters is 1. The minimum Gasteiger partial charge on any atom is -0.493 e. The van der Waals surface area contributed by atoms with Gasteiger partial charge in [-0.15, -0.1) is 0 Å². The van der Waals surface area contributed by atoms with Crippen LogP contribution in [0.15, 0.2) is 57.5 Å². The van der Waals surface area contributed by atoms with Crippen LogP contribution < -0.4 is 33.8 Å². The summed E-state index contributed by atoms with van der Waals surface area (Å²) >= 11 is 1.20. The molecule has 12 heteroatoms. The topological polar surface area (TPSA) is 131 Å². The lowest BCUT2D eigenvalue weighted by atomic mass is 9.94. The zero-order valence-electron chi connectivity index (χ0n) is 25.4. The summed E-state index contributed by atoms with van der Waals surface area (Å²) in [6, 6.07) is 11.6. The monoisotopic (exact) mass is 621 g/mol. The standard InChI is InChI=1S/C32H35N3O8S/c1-6-14-42-29-22(9-8-10-24(29)39-5)28-27(31(37)43-17-16-38-4)20(3)34-32-35(28)30(36)26(44-32)19-21-11-12-23(41-15-13-33)25(18-21)40-7-2/h8-12,18-19,28H,6-7,14-17H2,1-5H3/b26-19+/t28-/m1/s1. The molecule has 0 spiro atoms. The normalized spacial score (nSPS) is 14.4. The average molecular weight is 622 g/mol. The number of benzene rings is 2. The predicted octanol–water partition coefficient (Wildman–Crippen LogP) is 3.52. The highest BCUT2D eigenvalue weighted by Gasteiger charge is 2.36. The molecule has 0 N–H and O–H groups in total. The number of nitriles is 1. The van der Waals surface area contributed by atoms with Crippen LogP contribution in [0.2, 0.25) is 0 Å². The van der Waals surface area contributed by atoms with Crippen molar-refractivity contribution in [3.63, 3.8) is 0 Å². The Bertz CT molecular complexity index is 1750. The van der Waals surface area contributed by atoms with Gasteiger partial charge in [0.1, 0.15) is 18.7 Å². The smallest absolute Gasteiger partial charge is 0.338 e. The number of thiazole rings is 1. The van der Waals surface area contributed by atoms with Crippen LogP contribution in [0, 0.1) is 11.3 Å². The average Bonchev–Trinajstić information content (AvgIpc) is 3.32. The van der Waals surface area contributed by atoms with E-state index in [-0.39, 0.29) is 31.0 Å². The summed E-state index contributed by atoms with van der Waals surface area (Å²) in [6.07, 6.45) is 2.47. The number of para-hydroxylation sites is 1. The Morgan fingerprint density at radius 3 is 2.59 bits per heavy atom. The van der Waals surface area contributed by atoms with Crippen LogP contribution in [0.3, 0.4) is 0 Å². The number of hydrogen-bond donors (Lipinski definition) is 0. The molecule has 0 saturated heterocycles. The third-order valence-electron chi connectivity index (χ3n) is 6.59. The van der Waals surface area contributed by atoms with E-state index in [0.29, 0.717) is 62.4 Å². The third kappa shape index (κ3) is 6.96. The Hall–Kier alpha value is -4.60. The third-order valence-corrected chi connectivity index (χ3v) is 7.58. The van der Waals surface area contributed by atoms with Crippen LogP contribution in [0.1, 0.15) is 44.4 Å². The van der Waals surface area contributed by atoms with Crippen molar-refractivity contribution in [1.82, 2.24) is 4.57 Å². The Morgan fingerprint density at radius 2 is 1.89 bits per heavy atom. The lowest BCUT2D eigenvalue weighted by molar-refractivity contribution is -0.140. The van der Waals surface area contributed by atoms with E-state index in [4.69, 9.17) is 33.7 Å². The molecule has 0 aliphatic carbocycles. The van der Waals surface area contributed by atoms with E-state index in [1.807, 2.05) is 26.0 Å². The predicted molar refractivity (Wildman–Crippen MR) is 164 cm³/mol. The summed E-state index contributed by atoms with van der Waals surface area (Å²) < 4.78 is 35.4. The Morgan fingerprint density at radius 1 is 1.07 bits per heavy atom. The summed E-state index contributed by atoms with van der Waals surface area (Å²) in [5.74, 6) is 1.18. The molecule has 1 aliphatic heterocycles. The fourth-order valence-corrected chi connectivity index (χ4v) is 5.75. The molecule has 11 nitrogen and oxygen atoms in total. The van der Waals surface area contributed by atoms with Gasteiger partial charge >= 0.3 is 5.97 Å². The van der Waals surface area contributed by atoms with Crippen molar-refractivity contribution in [2.75, 3.05) is 47.3 Å². The molecular weight excluding hydrogens is 586 g/mol. The highest BCUT2D eigenvalue weighted by atomic mass is 32.1. The minimum atomic E-state index is -0.897. The second kappa shape index (κ2) is 15.2. The second-order valence-electron chi connectivity index (χ2n) is 9.52. The molecule has 2 aromatic carbocycles. The first-order valence-electron chi connectivity index (χ1n) is 14.1. The van der Waals surface area contributed by atoms with Gasteiger partial charge in [-0.25, -0.2) is 9.79 Å². The second-order valence-corrected chi connectivity index (χ2v) is 10.5. The number of hydrogen-bond acceptors (Lipinski definition) is 11. The molecule has 1 atom stereocenters. The molecular formula is C32H35N3O8S. The van der Waals surface area contributed by atoms with Gasteiger partial charge in [-0.2, -0.15) is 5.26 Å². The van der Waals surface area contributed by atoms with Crippen molar-refractivity contribution in [3.8, 4) is 29.1 Å². The maximum absolute atomic E-state index is 14.2. The highest BCUT2D eigenvalue weighted by molar-refractivity contribution is 7.07. The van der Waals surface area contributed by atoms with Gasteiger partial charge in [0, 0.05) is 12.7 Å². The van der Waals surface area contributed by atoms with Gasteiger partial charge in [-0.3, -0.25) is 9.36 Å². The zero-order valence-corrected chi connectivity index (χ0v) is 26.2. The number of carbonyl (C=O) groups is 1. The summed E-state index contributed by atoms with van der Waals surface area (Å²) in [5, 5.41) is 8.91. The van der Waals surface area contributed by atoms with Crippen molar-refractivity contribution in [2.24, 2.45) is 4.99 Å².